The Labute approximate surface area is 98.5 Å². The lowest BCUT2D eigenvalue weighted by Crippen LogP contribution is -2.06. The SMILES string of the molecule is CCCc1c(-c2ccc(=O)[nH]n2)nn(C)c1N. The first-order valence-electron chi connectivity index (χ1n) is 5.51. The van der Waals surface area contributed by atoms with Crippen molar-refractivity contribution in [3.8, 4) is 11.4 Å². The summed E-state index contributed by atoms with van der Waals surface area (Å²) < 4.78 is 1.63. The van der Waals surface area contributed by atoms with Crippen molar-refractivity contribution in [3.63, 3.8) is 0 Å². The molecular weight excluding hydrogens is 218 g/mol. The van der Waals surface area contributed by atoms with Crippen LogP contribution in [0.15, 0.2) is 16.9 Å². The summed E-state index contributed by atoms with van der Waals surface area (Å²) in [5.74, 6) is 0.648. The number of hydrogen-bond acceptors (Lipinski definition) is 4. The van der Waals surface area contributed by atoms with Crippen molar-refractivity contribution in [1.29, 1.82) is 0 Å². The van der Waals surface area contributed by atoms with Gasteiger partial charge in [-0.15, -0.1) is 0 Å². The molecule has 0 saturated heterocycles. The Kier molecular flexibility index (Phi) is 2.95. The molecule has 0 aliphatic rings. The van der Waals surface area contributed by atoms with E-state index in [-0.39, 0.29) is 5.56 Å². The van der Waals surface area contributed by atoms with Crippen molar-refractivity contribution in [2.75, 3.05) is 5.73 Å². The summed E-state index contributed by atoms with van der Waals surface area (Å²) >= 11 is 0. The minimum absolute atomic E-state index is 0.227. The second kappa shape index (κ2) is 4.40. The number of anilines is 1. The molecule has 0 fully saturated rings. The van der Waals surface area contributed by atoms with Crippen LogP contribution in [0.25, 0.3) is 11.4 Å². The zero-order valence-corrected chi connectivity index (χ0v) is 9.90. The molecule has 0 unspecified atom stereocenters. The highest BCUT2D eigenvalue weighted by atomic mass is 16.1. The molecule has 6 nitrogen and oxygen atoms in total. The van der Waals surface area contributed by atoms with Crippen LogP contribution in [-0.4, -0.2) is 20.0 Å². The van der Waals surface area contributed by atoms with E-state index in [1.54, 1.807) is 17.8 Å². The fourth-order valence-electron chi connectivity index (χ4n) is 1.76. The van der Waals surface area contributed by atoms with Crippen molar-refractivity contribution in [3.05, 3.63) is 28.0 Å². The molecule has 0 bridgehead atoms. The average molecular weight is 233 g/mol. The third-order valence-electron chi connectivity index (χ3n) is 2.62. The first-order valence-corrected chi connectivity index (χ1v) is 5.51. The zero-order valence-electron chi connectivity index (χ0n) is 9.90. The Morgan fingerprint density at radius 1 is 1.47 bits per heavy atom. The first kappa shape index (κ1) is 11.4. The Balaban J connectivity index is 2.54. The molecule has 0 aliphatic carbocycles. The lowest BCUT2D eigenvalue weighted by Gasteiger charge is -2.00. The van der Waals surface area contributed by atoms with Crippen molar-refractivity contribution in [1.82, 2.24) is 20.0 Å². The van der Waals surface area contributed by atoms with Gasteiger partial charge >= 0.3 is 0 Å². The monoisotopic (exact) mass is 233 g/mol. The highest BCUT2D eigenvalue weighted by Gasteiger charge is 2.15. The summed E-state index contributed by atoms with van der Waals surface area (Å²) in [6.45, 7) is 2.08. The predicted octanol–water partition coefficient (Wildman–Crippen LogP) is 0.705. The van der Waals surface area contributed by atoms with Crippen molar-refractivity contribution >= 4 is 5.82 Å². The van der Waals surface area contributed by atoms with E-state index in [0.29, 0.717) is 11.5 Å². The summed E-state index contributed by atoms with van der Waals surface area (Å²) in [6.07, 6.45) is 1.82. The Bertz CT molecular complexity index is 564. The smallest absolute Gasteiger partial charge is 0.264 e. The number of rotatable bonds is 3. The minimum atomic E-state index is -0.227. The van der Waals surface area contributed by atoms with E-state index in [2.05, 4.69) is 22.2 Å². The summed E-state index contributed by atoms with van der Waals surface area (Å²) in [4.78, 5) is 11.0. The topological polar surface area (TPSA) is 89.6 Å². The van der Waals surface area contributed by atoms with Crippen molar-refractivity contribution in [2.45, 2.75) is 19.8 Å². The van der Waals surface area contributed by atoms with Gasteiger partial charge in [-0.2, -0.15) is 10.2 Å². The molecule has 0 aliphatic heterocycles. The van der Waals surface area contributed by atoms with Crippen LogP contribution >= 0.6 is 0 Å². The number of aromatic nitrogens is 4. The summed E-state index contributed by atoms with van der Waals surface area (Å²) in [7, 11) is 1.80. The third-order valence-corrected chi connectivity index (χ3v) is 2.62. The average Bonchev–Trinajstić information content (AvgIpc) is 2.59. The minimum Gasteiger partial charge on any atom is -0.384 e. The molecule has 90 valence electrons. The van der Waals surface area contributed by atoms with E-state index in [1.165, 1.54) is 6.07 Å². The van der Waals surface area contributed by atoms with Gasteiger partial charge < -0.3 is 5.73 Å². The molecule has 17 heavy (non-hydrogen) atoms. The van der Waals surface area contributed by atoms with Gasteiger partial charge in [0.15, 0.2) is 0 Å². The highest BCUT2D eigenvalue weighted by Crippen LogP contribution is 2.25. The van der Waals surface area contributed by atoms with Gasteiger partial charge in [-0.05, 0) is 12.5 Å². The molecule has 2 rings (SSSR count). The molecule has 2 heterocycles. The molecule has 3 N–H and O–H groups in total. The van der Waals surface area contributed by atoms with Gasteiger partial charge in [0.25, 0.3) is 5.56 Å². The van der Waals surface area contributed by atoms with E-state index >= 15 is 0 Å². The van der Waals surface area contributed by atoms with Gasteiger partial charge in [0, 0.05) is 18.7 Å². The molecule has 0 radical (unpaired) electrons. The normalized spacial score (nSPS) is 10.7. The standard InChI is InChI=1S/C11H15N5O/c1-3-4-7-10(15-16(2)11(7)12)8-5-6-9(17)14-13-8/h5-6H,3-4,12H2,1-2H3,(H,14,17). The van der Waals surface area contributed by atoms with Crippen LogP contribution in [0.3, 0.4) is 0 Å². The predicted molar refractivity (Wildman–Crippen MR) is 65.5 cm³/mol. The number of nitrogens with two attached hydrogens (primary N) is 1. The number of nitrogens with one attached hydrogen (secondary N) is 1. The van der Waals surface area contributed by atoms with Crippen LogP contribution in [0.5, 0.6) is 0 Å². The van der Waals surface area contributed by atoms with E-state index in [4.69, 9.17) is 5.73 Å². The lowest BCUT2D eigenvalue weighted by atomic mass is 10.1. The maximum atomic E-state index is 11.0. The molecule has 2 aromatic rings. The van der Waals surface area contributed by atoms with Crippen molar-refractivity contribution < 1.29 is 0 Å². The van der Waals surface area contributed by atoms with Crippen LogP contribution < -0.4 is 11.3 Å². The summed E-state index contributed by atoms with van der Waals surface area (Å²) in [6, 6.07) is 3.09. The van der Waals surface area contributed by atoms with E-state index in [9.17, 15) is 4.79 Å². The van der Waals surface area contributed by atoms with Crippen molar-refractivity contribution in [2.24, 2.45) is 7.05 Å². The largest absolute Gasteiger partial charge is 0.384 e. The molecule has 0 amide bonds. The number of hydrogen-bond donors (Lipinski definition) is 2. The quantitative estimate of drug-likeness (QED) is 0.816. The molecule has 6 heteroatoms. The second-order valence-electron chi connectivity index (χ2n) is 3.89. The van der Waals surface area contributed by atoms with Crippen LogP contribution in [-0.2, 0) is 13.5 Å². The van der Waals surface area contributed by atoms with Crippen LogP contribution in [0.1, 0.15) is 18.9 Å². The van der Waals surface area contributed by atoms with Crippen LogP contribution in [0, 0.1) is 0 Å². The van der Waals surface area contributed by atoms with Gasteiger partial charge in [0.1, 0.15) is 17.2 Å². The summed E-state index contributed by atoms with van der Waals surface area (Å²) in [5, 5.41) is 10.7. The number of H-pyrrole nitrogens is 1. The molecule has 0 spiro atoms. The van der Waals surface area contributed by atoms with Gasteiger partial charge in [-0.3, -0.25) is 9.48 Å². The first-order chi connectivity index (χ1) is 8.13. The molecule has 2 aromatic heterocycles. The number of nitrogen functional groups attached to an aromatic ring is 1. The molecular formula is C11H15N5O. The van der Waals surface area contributed by atoms with Crippen LogP contribution in [0.2, 0.25) is 0 Å². The van der Waals surface area contributed by atoms with E-state index in [0.717, 1.165) is 24.1 Å². The maximum Gasteiger partial charge on any atom is 0.264 e. The number of aryl methyl sites for hydroxylation is 1. The van der Waals surface area contributed by atoms with E-state index < -0.39 is 0 Å². The highest BCUT2D eigenvalue weighted by molar-refractivity contribution is 5.64. The Hall–Kier alpha value is -2.11. The van der Waals surface area contributed by atoms with Gasteiger partial charge in [0.2, 0.25) is 0 Å². The van der Waals surface area contributed by atoms with Gasteiger partial charge in [-0.25, -0.2) is 5.10 Å². The van der Waals surface area contributed by atoms with Gasteiger partial charge in [0.05, 0.1) is 0 Å². The Morgan fingerprint density at radius 3 is 2.82 bits per heavy atom. The lowest BCUT2D eigenvalue weighted by molar-refractivity contribution is 0.779. The third kappa shape index (κ3) is 2.06. The molecule has 0 aromatic carbocycles. The number of nitrogens with zero attached hydrogens (tertiary/aromatic N) is 3. The fourth-order valence-corrected chi connectivity index (χ4v) is 1.76. The zero-order chi connectivity index (χ0) is 12.4. The maximum absolute atomic E-state index is 11.0. The Morgan fingerprint density at radius 2 is 2.24 bits per heavy atom. The fraction of sp³-hybridized carbons (Fsp3) is 0.364. The molecule has 0 atom stereocenters. The van der Waals surface area contributed by atoms with Crippen LogP contribution in [0.4, 0.5) is 5.82 Å². The van der Waals surface area contributed by atoms with E-state index in [1.807, 2.05) is 0 Å². The summed E-state index contributed by atoms with van der Waals surface area (Å²) in [5.41, 5.74) is 8.09. The second-order valence-corrected chi connectivity index (χ2v) is 3.89. The van der Waals surface area contributed by atoms with Gasteiger partial charge in [-0.1, -0.05) is 13.3 Å². The number of aromatic amines is 1. The molecule has 0 saturated carbocycles.